The molecule has 2 aliphatic carbocycles. The zero-order valence-corrected chi connectivity index (χ0v) is 14.1. The van der Waals surface area contributed by atoms with E-state index in [1.165, 1.54) is 32.1 Å². The highest BCUT2D eigenvalue weighted by Gasteiger charge is 2.63. The average molecular weight is 317 g/mol. The molecule has 2 bridgehead atoms. The van der Waals surface area contributed by atoms with Gasteiger partial charge in [0.25, 0.3) is 0 Å². The largest absolute Gasteiger partial charge is 0.373 e. The molecule has 0 spiro atoms. The van der Waals surface area contributed by atoms with Crippen LogP contribution in [-0.2, 0) is 4.74 Å². The van der Waals surface area contributed by atoms with E-state index >= 15 is 0 Å². The van der Waals surface area contributed by atoms with E-state index in [1.54, 1.807) is 0 Å². The molecule has 0 radical (unpaired) electrons. The topological polar surface area (TPSA) is 9.23 Å². The van der Waals surface area contributed by atoms with Gasteiger partial charge in [-0.15, -0.1) is 0 Å². The van der Waals surface area contributed by atoms with E-state index in [-0.39, 0.29) is 5.60 Å². The Morgan fingerprint density at radius 3 is 2.39 bits per heavy atom. The van der Waals surface area contributed by atoms with Gasteiger partial charge in [0.2, 0.25) is 0 Å². The van der Waals surface area contributed by atoms with Crippen molar-refractivity contribution < 1.29 is 4.74 Å². The Morgan fingerprint density at radius 2 is 1.89 bits per heavy atom. The molecule has 0 saturated heterocycles. The lowest BCUT2D eigenvalue weighted by Gasteiger charge is -2.48. The molecule has 0 aliphatic heterocycles. The van der Waals surface area contributed by atoms with Crippen LogP contribution in [0.4, 0.5) is 0 Å². The van der Waals surface area contributed by atoms with Gasteiger partial charge < -0.3 is 4.74 Å². The molecule has 0 amide bonds. The number of alkyl halides is 1. The molecule has 2 rings (SSSR count). The van der Waals surface area contributed by atoms with Gasteiger partial charge in [-0.3, -0.25) is 0 Å². The van der Waals surface area contributed by atoms with Crippen LogP contribution >= 0.6 is 15.9 Å². The highest BCUT2D eigenvalue weighted by molar-refractivity contribution is 9.09. The molecule has 18 heavy (non-hydrogen) atoms. The molecule has 0 heterocycles. The maximum Gasteiger partial charge on any atom is 0.0860 e. The Bertz CT molecular complexity index is 287. The Balaban J connectivity index is 1.98. The third-order valence-electron chi connectivity index (χ3n) is 5.69. The van der Waals surface area contributed by atoms with Gasteiger partial charge in [0, 0.05) is 11.9 Å². The first-order valence-corrected chi connectivity index (χ1v) is 8.76. The van der Waals surface area contributed by atoms with E-state index in [9.17, 15) is 0 Å². The molecule has 2 fully saturated rings. The molecule has 0 aromatic heterocycles. The van der Waals surface area contributed by atoms with Gasteiger partial charge in [-0.05, 0) is 55.3 Å². The van der Waals surface area contributed by atoms with E-state index in [2.05, 4.69) is 43.6 Å². The molecular weight excluding hydrogens is 288 g/mol. The first-order chi connectivity index (χ1) is 8.44. The number of rotatable bonds is 6. The Labute approximate surface area is 121 Å². The number of hydrogen-bond donors (Lipinski definition) is 0. The molecule has 1 nitrogen and oxygen atoms in total. The highest BCUT2D eigenvalue weighted by atomic mass is 79.9. The standard InChI is InChI=1S/C16H29BrO/c1-12(2)6-5-9-18-16(11-17)14-8-7-13(10-14)15(16,3)4/h12-14H,5-11H2,1-4H3. The minimum absolute atomic E-state index is 0.104. The van der Waals surface area contributed by atoms with Gasteiger partial charge in [0.1, 0.15) is 0 Å². The number of halogens is 1. The Kier molecular flexibility index (Phi) is 4.48. The summed E-state index contributed by atoms with van der Waals surface area (Å²) in [6.07, 6.45) is 6.68. The highest BCUT2D eigenvalue weighted by Crippen LogP contribution is 2.63. The second-order valence-corrected chi connectivity index (χ2v) is 7.90. The summed E-state index contributed by atoms with van der Waals surface area (Å²) in [7, 11) is 0. The summed E-state index contributed by atoms with van der Waals surface area (Å²) in [6, 6.07) is 0. The third-order valence-corrected chi connectivity index (χ3v) is 6.52. The van der Waals surface area contributed by atoms with Crippen LogP contribution in [0.15, 0.2) is 0 Å². The lowest BCUT2D eigenvalue weighted by atomic mass is 9.66. The summed E-state index contributed by atoms with van der Waals surface area (Å²) >= 11 is 3.77. The summed E-state index contributed by atoms with van der Waals surface area (Å²) in [5.74, 6) is 2.46. The molecule has 106 valence electrons. The molecule has 0 aromatic rings. The van der Waals surface area contributed by atoms with Crippen LogP contribution in [0.2, 0.25) is 0 Å². The van der Waals surface area contributed by atoms with Crippen molar-refractivity contribution in [2.45, 2.75) is 65.4 Å². The fourth-order valence-electron chi connectivity index (χ4n) is 4.30. The van der Waals surface area contributed by atoms with Gasteiger partial charge in [0.05, 0.1) is 5.60 Å². The summed E-state index contributed by atoms with van der Waals surface area (Å²) < 4.78 is 6.49. The molecule has 2 saturated carbocycles. The van der Waals surface area contributed by atoms with Gasteiger partial charge in [-0.25, -0.2) is 0 Å². The Hall–Kier alpha value is 0.440. The van der Waals surface area contributed by atoms with Crippen molar-refractivity contribution in [2.24, 2.45) is 23.2 Å². The Morgan fingerprint density at radius 1 is 1.22 bits per heavy atom. The SMILES string of the molecule is CC(C)CCCOC1(CBr)C2CCC(C2)C1(C)C. The second-order valence-electron chi connectivity index (χ2n) is 7.34. The van der Waals surface area contributed by atoms with Crippen LogP contribution in [0, 0.1) is 23.2 Å². The fourth-order valence-corrected chi connectivity index (χ4v) is 5.64. The number of ether oxygens (including phenoxy) is 1. The lowest BCUT2D eigenvalue weighted by Crippen LogP contribution is -2.53. The van der Waals surface area contributed by atoms with E-state index in [4.69, 9.17) is 4.74 Å². The maximum absolute atomic E-state index is 6.49. The second kappa shape index (κ2) is 5.44. The van der Waals surface area contributed by atoms with Crippen LogP contribution in [0.5, 0.6) is 0 Å². The third kappa shape index (κ3) is 2.28. The predicted molar refractivity (Wildman–Crippen MR) is 81.2 cm³/mol. The normalized spacial score (nSPS) is 37.7. The van der Waals surface area contributed by atoms with Crippen molar-refractivity contribution in [2.75, 3.05) is 11.9 Å². The van der Waals surface area contributed by atoms with Gasteiger partial charge >= 0.3 is 0 Å². The van der Waals surface area contributed by atoms with Crippen molar-refractivity contribution in [3.8, 4) is 0 Å². The molecule has 3 unspecified atom stereocenters. The molecule has 2 aliphatic rings. The van der Waals surface area contributed by atoms with Crippen LogP contribution in [0.1, 0.15) is 59.8 Å². The first kappa shape index (κ1) is 14.8. The molecule has 3 atom stereocenters. The summed E-state index contributed by atoms with van der Waals surface area (Å²) in [6.45, 7) is 10.4. The van der Waals surface area contributed by atoms with Crippen molar-refractivity contribution in [3.05, 3.63) is 0 Å². The minimum atomic E-state index is 0.104. The van der Waals surface area contributed by atoms with Gasteiger partial charge in [-0.1, -0.05) is 43.6 Å². The van der Waals surface area contributed by atoms with E-state index in [0.717, 1.165) is 29.7 Å². The summed E-state index contributed by atoms with van der Waals surface area (Å²) in [4.78, 5) is 0. The van der Waals surface area contributed by atoms with Crippen LogP contribution in [-0.4, -0.2) is 17.5 Å². The monoisotopic (exact) mass is 316 g/mol. The fraction of sp³-hybridized carbons (Fsp3) is 1.00. The maximum atomic E-state index is 6.49. The van der Waals surface area contributed by atoms with Crippen LogP contribution < -0.4 is 0 Å². The summed E-state index contributed by atoms with van der Waals surface area (Å²) in [5.41, 5.74) is 0.449. The van der Waals surface area contributed by atoms with Crippen LogP contribution in [0.3, 0.4) is 0 Å². The van der Waals surface area contributed by atoms with Crippen molar-refractivity contribution in [1.29, 1.82) is 0 Å². The van der Waals surface area contributed by atoms with Crippen molar-refractivity contribution in [1.82, 2.24) is 0 Å². The van der Waals surface area contributed by atoms with Crippen molar-refractivity contribution in [3.63, 3.8) is 0 Å². The molecule has 2 heteroatoms. The minimum Gasteiger partial charge on any atom is -0.373 e. The molecule has 0 N–H and O–H groups in total. The van der Waals surface area contributed by atoms with Gasteiger partial charge in [-0.2, -0.15) is 0 Å². The van der Waals surface area contributed by atoms with E-state index in [0.29, 0.717) is 5.41 Å². The smallest absolute Gasteiger partial charge is 0.0860 e. The number of fused-ring (bicyclic) bond motifs is 2. The zero-order valence-electron chi connectivity index (χ0n) is 12.5. The quantitative estimate of drug-likeness (QED) is 0.493. The molecular formula is C16H29BrO. The van der Waals surface area contributed by atoms with E-state index < -0.39 is 0 Å². The first-order valence-electron chi connectivity index (χ1n) is 7.64. The van der Waals surface area contributed by atoms with Crippen molar-refractivity contribution >= 4 is 15.9 Å². The van der Waals surface area contributed by atoms with Gasteiger partial charge in [0.15, 0.2) is 0 Å². The average Bonchev–Trinajstić information content (AvgIpc) is 2.85. The lowest BCUT2D eigenvalue weighted by molar-refractivity contribution is -0.138. The molecule has 0 aromatic carbocycles. The predicted octanol–water partition coefficient (Wildman–Crippen LogP) is 5.03. The zero-order chi connectivity index (χ0) is 13.4. The van der Waals surface area contributed by atoms with E-state index in [1.807, 2.05) is 0 Å². The summed E-state index contributed by atoms with van der Waals surface area (Å²) in [5, 5.41) is 1.01. The van der Waals surface area contributed by atoms with Crippen LogP contribution in [0.25, 0.3) is 0 Å². The number of hydrogen-bond acceptors (Lipinski definition) is 1.